The number of ether oxygens (including phenoxy) is 1. The molecule has 1 aromatic rings. The number of nitrogens with zero attached hydrogens (tertiary/aromatic N) is 2. The van der Waals surface area contributed by atoms with Gasteiger partial charge in [0.1, 0.15) is 4.88 Å². The number of halogens is 3. The monoisotopic (exact) mass is 264 g/mol. The van der Waals surface area contributed by atoms with Crippen LogP contribution in [0.25, 0.3) is 0 Å². The van der Waals surface area contributed by atoms with E-state index in [1.807, 2.05) is 4.90 Å². The summed E-state index contributed by atoms with van der Waals surface area (Å²) in [6.45, 7) is 1.31. The summed E-state index contributed by atoms with van der Waals surface area (Å²) >= 11 is 0.712. The topological polar surface area (TPSA) is 25.4 Å². The van der Waals surface area contributed by atoms with E-state index < -0.39 is 11.1 Å². The Labute approximate surface area is 100 Å². The third-order valence-corrected chi connectivity index (χ3v) is 4.19. The molecule has 3 nitrogen and oxygen atoms in total. The van der Waals surface area contributed by atoms with Gasteiger partial charge in [0.15, 0.2) is 5.13 Å². The average Bonchev–Trinajstić information content (AvgIpc) is 2.84. The number of aromatic nitrogens is 1. The van der Waals surface area contributed by atoms with Crippen molar-refractivity contribution in [2.24, 2.45) is 0 Å². The molecular weight excluding hydrogens is 253 g/mol. The summed E-state index contributed by atoms with van der Waals surface area (Å²) in [6.07, 6.45) is -1.06. The molecule has 0 radical (unpaired) electrons. The number of rotatable bonds is 1. The molecule has 2 fully saturated rings. The minimum atomic E-state index is -4.29. The van der Waals surface area contributed by atoms with Crippen LogP contribution in [0.4, 0.5) is 18.3 Å². The summed E-state index contributed by atoms with van der Waals surface area (Å²) in [7, 11) is 0. The van der Waals surface area contributed by atoms with Crippen molar-refractivity contribution in [3.05, 3.63) is 11.1 Å². The highest BCUT2D eigenvalue weighted by atomic mass is 32.1. The number of fused-ring (bicyclic) bond motifs is 2. The van der Waals surface area contributed by atoms with Gasteiger partial charge in [0.05, 0.1) is 18.4 Å². The molecule has 0 saturated carbocycles. The van der Waals surface area contributed by atoms with Gasteiger partial charge in [-0.2, -0.15) is 13.2 Å². The zero-order valence-corrected chi connectivity index (χ0v) is 9.72. The van der Waals surface area contributed by atoms with Gasteiger partial charge in [-0.1, -0.05) is 11.3 Å². The highest BCUT2D eigenvalue weighted by Gasteiger charge is 2.37. The first-order valence-electron chi connectivity index (χ1n) is 5.46. The standard InChI is InChI=1S/C10H11F3N2OS/c11-10(12,13)8-3-14-9(17-8)15-4-6-1-2-7(5-15)16-6/h3,6-7H,1-2,4-5H2. The molecule has 2 aliphatic heterocycles. The molecule has 0 aliphatic carbocycles. The summed E-state index contributed by atoms with van der Waals surface area (Å²) in [6, 6.07) is 0. The third kappa shape index (κ3) is 2.13. The van der Waals surface area contributed by atoms with Crippen LogP contribution >= 0.6 is 11.3 Å². The molecule has 3 rings (SSSR count). The van der Waals surface area contributed by atoms with Crippen LogP contribution in [0.2, 0.25) is 0 Å². The van der Waals surface area contributed by atoms with Gasteiger partial charge in [0.2, 0.25) is 0 Å². The fraction of sp³-hybridized carbons (Fsp3) is 0.700. The van der Waals surface area contributed by atoms with E-state index in [-0.39, 0.29) is 12.2 Å². The molecule has 2 unspecified atom stereocenters. The molecule has 2 bridgehead atoms. The predicted octanol–water partition coefficient (Wildman–Crippen LogP) is 2.53. The second-order valence-electron chi connectivity index (χ2n) is 4.37. The summed E-state index contributed by atoms with van der Waals surface area (Å²) < 4.78 is 43.0. The zero-order valence-electron chi connectivity index (χ0n) is 8.91. The molecule has 2 saturated heterocycles. The molecule has 1 aromatic heterocycles. The van der Waals surface area contributed by atoms with E-state index >= 15 is 0 Å². The van der Waals surface area contributed by atoms with E-state index in [4.69, 9.17) is 4.74 Å². The summed E-state index contributed by atoms with van der Waals surface area (Å²) in [5.41, 5.74) is 0. The Bertz CT molecular complexity index is 408. The van der Waals surface area contributed by atoms with Gasteiger partial charge in [0.25, 0.3) is 0 Å². The van der Waals surface area contributed by atoms with Crippen LogP contribution < -0.4 is 4.90 Å². The molecule has 0 spiro atoms. The lowest BCUT2D eigenvalue weighted by Gasteiger charge is -2.31. The third-order valence-electron chi connectivity index (χ3n) is 3.09. The first-order chi connectivity index (χ1) is 8.02. The summed E-state index contributed by atoms with van der Waals surface area (Å²) in [5.74, 6) is 0. The summed E-state index contributed by atoms with van der Waals surface area (Å²) in [4.78, 5) is 5.15. The molecule has 0 N–H and O–H groups in total. The lowest BCUT2D eigenvalue weighted by molar-refractivity contribution is -0.134. The number of anilines is 1. The minimum Gasteiger partial charge on any atom is -0.371 e. The van der Waals surface area contributed by atoms with Gasteiger partial charge in [-0.25, -0.2) is 4.98 Å². The van der Waals surface area contributed by atoms with E-state index in [2.05, 4.69) is 4.98 Å². The Hall–Kier alpha value is -0.820. The van der Waals surface area contributed by atoms with Gasteiger partial charge >= 0.3 is 6.18 Å². The quantitative estimate of drug-likeness (QED) is 0.779. The van der Waals surface area contributed by atoms with E-state index in [0.29, 0.717) is 29.6 Å². The Morgan fingerprint density at radius 1 is 1.29 bits per heavy atom. The number of hydrogen-bond acceptors (Lipinski definition) is 4. The maximum absolute atomic E-state index is 12.5. The Kier molecular flexibility index (Phi) is 2.55. The van der Waals surface area contributed by atoms with Gasteiger partial charge in [-0.05, 0) is 12.8 Å². The van der Waals surface area contributed by atoms with Crippen LogP contribution in [0.3, 0.4) is 0 Å². The molecule has 0 amide bonds. The van der Waals surface area contributed by atoms with Crippen LogP contribution in [0.15, 0.2) is 6.20 Å². The Morgan fingerprint density at radius 3 is 2.47 bits per heavy atom. The first kappa shape index (κ1) is 11.3. The number of alkyl halides is 3. The molecule has 17 heavy (non-hydrogen) atoms. The summed E-state index contributed by atoms with van der Waals surface area (Å²) in [5, 5.41) is 0.456. The van der Waals surface area contributed by atoms with Crippen LogP contribution in [0.5, 0.6) is 0 Å². The van der Waals surface area contributed by atoms with Crippen molar-refractivity contribution in [1.82, 2.24) is 4.98 Å². The maximum atomic E-state index is 12.5. The maximum Gasteiger partial charge on any atom is 0.427 e. The van der Waals surface area contributed by atoms with Crippen molar-refractivity contribution in [2.75, 3.05) is 18.0 Å². The number of morpholine rings is 1. The van der Waals surface area contributed by atoms with Gasteiger partial charge in [-0.15, -0.1) is 0 Å². The highest BCUT2D eigenvalue weighted by molar-refractivity contribution is 7.15. The second kappa shape index (κ2) is 3.84. The SMILES string of the molecule is FC(F)(F)c1cnc(N2CC3CCC(C2)O3)s1. The lowest BCUT2D eigenvalue weighted by atomic mass is 10.2. The number of thiazole rings is 1. The Balaban J connectivity index is 1.78. The molecule has 3 heterocycles. The van der Waals surface area contributed by atoms with E-state index in [1.165, 1.54) is 0 Å². The molecular formula is C10H11F3N2OS. The van der Waals surface area contributed by atoms with Gasteiger partial charge in [-0.3, -0.25) is 0 Å². The van der Waals surface area contributed by atoms with E-state index in [9.17, 15) is 13.2 Å². The second-order valence-corrected chi connectivity index (χ2v) is 5.38. The van der Waals surface area contributed by atoms with Crippen molar-refractivity contribution < 1.29 is 17.9 Å². The molecule has 0 aromatic carbocycles. The first-order valence-corrected chi connectivity index (χ1v) is 6.27. The molecule has 7 heteroatoms. The van der Waals surface area contributed by atoms with Crippen LogP contribution in [0, 0.1) is 0 Å². The van der Waals surface area contributed by atoms with Crippen molar-refractivity contribution >= 4 is 16.5 Å². The van der Waals surface area contributed by atoms with Crippen molar-refractivity contribution in [3.63, 3.8) is 0 Å². The van der Waals surface area contributed by atoms with Crippen molar-refractivity contribution in [1.29, 1.82) is 0 Å². The molecule has 94 valence electrons. The highest BCUT2D eigenvalue weighted by Crippen LogP contribution is 2.38. The largest absolute Gasteiger partial charge is 0.427 e. The fourth-order valence-corrected chi connectivity index (χ4v) is 3.11. The normalized spacial score (nSPS) is 28.8. The van der Waals surface area contributed by atoms with Gasteiger partial charge < -0.3 is 9.64 Å². The number of hydrogen-bond donors (Lipinski definition) is 0. The van der Waals surface area contributed by atoms with Crippen LogP contribution in [0.1, 0.15) is 17.7 Å². The van der Waals surface area contributed by atoms with Gasteiger partial charge in [0, 0.05) is 13.1 Å². The Morgan fingerprint density at radius 2 is 1.94 bits per heavy atom. The fourth-order valence-electron chi connectivity index (χ4n) is 2.31. The molecule has 2 atom stereocenters. The minimum absolute atomic E-state index is 0.159. The van der Waals surface area contributed by atoms with Crippen molar-refractivity contribution in [2.45, 2.75) is 31.2 Å². The van der Waals surface area contributed by atoms with Crippen LogP contribution in [-0.2, 0) is 10.9 Å². The van der Waals surface area contributed by atoms with Crippen LogP contribution in [-0.4, -0.2) is 30.3 Å². The van der Waals surface area contributed by atoms with Crippen molar-refractivity contribution in [3.8, 4) is 0 Å². The predicted molar refractivity (Wildman–Crippen MR) is 57.2 cm³/mol. The lowest BCUT2D eigenvalue weighted by Crippen LogP contribution is -2.42. The average molecular weight is 264 g/mol. The van der Waals surface area contributed by atoms with E-state index in [0.717, 1.165) is 19.0 Å². The molecule has 2 aliphatic rings. The zero-order chi connectivity index (χ0) is 12.0. The van der Waals surface area contributed by atoms with E-state index in [1.54, 1.807) is 0 Å². The smallest absolute Gasteiger partial charge is 0.371 e.